The van der Waals surface area contributed by atoms with Crippen molar-refractivity contribution in [2.24, 2.45) is 5.92 Å². The molecule has 3 aromatic rings. The molecule has 2 aromatic carbocycles. The third-order valence-corrected chi connectivity index (χ3v) is 6.81. The number of unbranched alkanes of at least 4 members (excludes halogenated alkanes) is 1. The summed E-state index contributed by atoms with van der Waals surface area (Å²) in [6.07, 6.45) is 3.96. The van der Waals surface area contributed by atoms with Crippen LogP contribution >= 0.6 is 15.9 Å². The van der Waals surface area contributed by atoms with Gasteiger partial charge in [-0.3, -0.25) is 9.59 Å². The smallest absolute Gasteiger partial charge is 0.249 e. The quantitative estimate of drug-likeness (QED) is 0.217. The number of ether oxygens (including phenoxy) is 1. The normalized spacial score (nSPS) is 11.1. The highest BCUT2D eigenvalue weighted by atomic mass is 79.9. The van der Waals surface area contributed by atoms with Gasteiger partial charge in [-0.15, -0.1) is 0 Å². The van der Waals surface area contributed by atoms with E-state index < -0.39 is 0 Å². The molecule has 2 amide bonds. The van der Waals surface area contributed by atoms with Crippen molar-refractivity contribution in [2.75, 3.05) is 26.2 Å². The lowest BCUT2D eigenvalue weighted by Crippen LogP contribution is -2.45. The molecule has 0 radical (unpaired) electrons. The molecule has 0 aliphatic rings. The number of rotatable bonds is 15. The zero-order chi connectivity index (χ0) is 27.3. The van der Waals surface area contributed by atoms with Gasteiger partial charge >= 0.3 is 0 Å². The van der Waals surface area contributed by atoms with Crippen LogP contribution in [0.4, 0.5) is 0 Å². The molecule has 0 saturated carbocycles. The van der Waals surface area contributed by atoms with Crippen molar-refractivity contribution < 1.29 is 14.3 Å². The van der Waals surface area contributed by atoms with Crippen LogP contribution in [0, 0.1) is 5.92 Å². The first kappa shape index (κ1) is 29.7. The molecular weight excluding hydrogens is 542 g/mol. The molecule has 3 rings (SSSR count). The molecular formula is C31H40BrN3O3. The van der Waals surface area contributed by atoms with Gasteiger partial charge in [-0.05, 0) is 47.7 Å². The van der Waals surface area contributed by atoms with Crippen molar-refractivity contribution in [3.63, 3.8) is 0 Å². The summed E-state index contributed by atoms with van der Waals surface area (Å²) in [5, 5.41) is 0. The van der Waals surface area contributed by atoms with Crippen LogP contribution in [-0.4, -0.2) is 52.4 Å². The second-order valence-electron chi connectivity index (χ2n) is 10.1. The van der Waals surface area contributed by atoms with E-state index in [2.05, 4.69) is 65.7 Å². The van der Waals surface area contributed by atoms with Gasteiger partial charge in [-0.2, -0.15) is 0 Å². The summed E-state index contributed by atoms with van der Waals surface area (Å²) in [6, 6.07) is 22.2. The van der Waals surface area contributed by atoms with Crippen molar-refractivity contribution in [1.29, 1.82) is 0 Å². The number of nitrogens with zero attached hydrogens (tertiary/aromatic N) is 3. The first-order valence-electron chi connectivity index (χ1n) is 13.4. The third-order valence-electron chi connectivity index (χ3n) is 6.28. The first-order valence-corrected chi connectivity index (χ1v) is 14.2. The largest absolute Gasteiger partial charge is 0.367 e. The highest BCUT2D eigenvalue weighted by Crippen LogP contribution is 2.15. The van der Waals surface area contributed by atoms with Crippen LogP contribution in [0.25, 0.3) is 0 Å². The summed E-state index contributed by atoms with van der Waals surface area (Å²) in [5.74, 6) is 0.0528. The summed E-state index contributed by atoms with van der Waals surface area (Å²) in [5.41, 5.74) is 3.29. The van der Waals surface area contributed by atoms with Gasteiger partial charge in [0.2, 0.25) is 11.8 Å². The molecule has 0 aliphatic carbocycles. The van der Waals surface area contributed by atoms with E-state index in [0.29, 0.717) is 26.2 Å². The minimum Gasteiger partial charge on any atom is -0.367 e. The zero-order valence-electron chi connectivity index (χ0n) is 22.8. The molecule has 0 unspecified atom stereocenters. The molecule has 0 N–H and O–H groups in total. The van der Waals surface area contributed by atoms with Crippen LogP contribution < -0.4 is 0 Å². The zero-order valence-corrected chi connectivity index (χ0v) is 24.4. The van der Waals surface area contributed by atoms with Gasteiger partial charge in [0.25, 0.3) is 0 Å². The van der Waals surface area contributed by atoms with Crippen LogP contribution in [0.3, 0.4) is 0 Å². The van der Waals surface area contributed by atoms with E-state index in [9.17, 15) is 9.59 Å². The Hall–Kier alpha value is -2.90. The van der Waals surface area contributed by atoms with Crippen molar-refractivity contribution in [1.82, 2.24) is 14.4 Å². The fourth-order valence-corrected chi connectivity index (χ4v) is 4.51. The monoisotopic (exact) mass is 581 g/mol. The van der Waals surface area contributed by atoms with E-state index in [0.717, 1.165) is 35.1 Å². The maximum Gasteiger partial charge on any atom is 0.249 e. The highest BCUT2D eigenvalue weighted by Gasteiger charge is 2.23. The second-order valence-corrected chi connectivity index (χ2v) is 11.0. The summed E-state index contributed by atoms with van der Waals surface area (Å²) in [4.78, 5) is 30.2. The topological polar surface area (TPSA) is 54.8 Å². The molecule has 0 fully saturated rings. The Bertz CT molecular complexity index is 1130. The average Bonchev–Trinajstić information content (AvgIpc) is 3.34. The van der Waals surface area contributed by atoms with Gasteiger partial charge in [-0.1, -0.05) is 85.6 Å². The maximum atomic E-state index is 13.6. The lowest BCUT2D eigenvalue weighted by molar-refractivity contribution is -0.144. The van der Waals surface area contributed by atoms with Crippen molar-refractivity contribution in [2.45, 2.75) is 53.3 Å². The second kappa shape index (κ2) is 15.5. The minimum atomic E-state index is -0.156. The van der Waals surface area contributed by atoms with Gasteiger partial charge < -0.3 is 19.1 Å². The third kappa shape index (κ3) is 9.76. The van der Waals surface area contributed by atoms with E-state index in [1.54, 1.807) is 4.90 Å². The Morgan fingerprint density at radius 2 is 1.66 bits per heavy atom. The molecule has 204 valence electrons. The van der Waals surface area contributed by atoms with E-state index in [1.165, 1.54) is 5.56 Å². The van der Waals surface area contributed by atoms with E-state index in [4.69, 9.17) is 4.74 Å². The van der Waals surface area contributed by atoms with Crippen LogP contribution in [0.1, 0.15) is 50.4 Å². The predicted octanol–water partition coefficient (Wildman–Crippen LogP) is 6.13. The van der Waals surface area contributed by atoms with Crippen molar-refractivity contribution in [3.05, 3.63) is 94.2 Å². The molecule has 1 aromatic heterocycles. The lowest BCUT2D eigenvalue weighted by Gasteiger charge is -2.29. The van der Waals surface area contributed by atoms with Crippen LogP contribution in [0.2, 0.25) is 0 Å². The minimum absolute atomic E-state index is 0.0353. The Morgan fingerprint density at radius 1 is 0.921 bits per heavy atom. The summed E-state index contributed by atoms with van der Waals surface area (Å²) in [7, 11) is 0. The number of amides is 2. The van der Waals surface area contributed by atoms with Gasteiger partial charge in [0.15, 0.2) is 0 Å². The number of carbonyl (C=O) groups is 2. The SMILES string of the molecule is CCCCN(Cc1cccn1Cc1ccc(Br)cc1)C(=O)CN(CC(C)C)C(=O)COCc1ccccc1. The highest BCUT2D eigenvalue weighted by molar-refractivity contribution is 9.10. The number of aromatic nitrogens is 1. The predicted molar refractivity (Wildman–Crippen MR) is 156 cm³/mol. The Kier molecular flexibility index (Phi) is 12.1. The summed E-state index contributed by atoms with van der Waals surface area (Å²) >= 11 is 3.49. The number of hydrogen-bond donors (Lipinski definition) is 0. The average molecular weight is 583 g/mol. The van der Waals surface area contributed by atoms with E-state index in [-0.39, 0.29) is 30.9 Å². The molecule has 0 atom stereocenters. The van der Waals surface area contributed by atoms with Gasteiger partial charge in [0, 0.05) is 36.0 Å². The molecule has 1 heterocycles. The van der Waals surface area contributed by atoms with Crippen molar-refractivity contribution in [3.8, 4) is 0 Å². The molecule has 6 nitrogen and oxygen atoms in total. The first-order chi connectivity index (χ1) is 18.4. The number of hydrogen-bond acceptors (Lipinski definition) is 3. The Morgan fingerprint density at radius 3 is 2.34 bits per heavy atom. The number of halogens is 1. The number of benzene rings is 2. The molecule has 0 spiro atoms. The molecule has 0 bridgehead atoms. The Balaban J connectivity index is 1.65. The summed E-state index contributed by atoms with van der Waals surface area (Å²) < 4.78 is 8.93. The lowest BCUT2D eigenvalue weighted by atomic mass is 10.2. The molecule has 7 heteroatoms. The fourth-order valence-electron chi connectivity index (χ4n) is 4.25. The van der Waals surface area contributed by atoms with E-state index >= 15 is 0 Å². The summed E-state index contributed by atoms with van der Waals surface area (Å²) in [6.45, 7) is 9.04. The van der Waals surface area contributed by atoms with Gasteiger partial charge in [0.05, 0.1) is 19.7 Å². The Labute approximate surface area is 235 Å². The molecule has 0 saturated heterocycles. The van der Waals surface area contributed by atoms with Gasteiger partial charge in [-0.25, -0.2) is 0 Å². The van der Waals surface area contributed by atoms with E-state index in [1.807, 2.05) is 53.4 Å². The maximum absolute atomic E-state index is 13.6. The van der Waals surface area contributed by atoms with Crippen LogP contribution in [0.5, 0.6) is 0 Å². The van der Waals surface area contributed by atoms with Crippen LogP contribution in [-0.2, 0) is 34.0 Å². The van der Waals surface area contributed by atoms with Gasteiger partial charge in [0.1, 0.15) is 6.61 Å². The standard InChI is InChI=1S/C31H40BrN3O3/c1-4-5-17-34(21-29-12-9-18-33(29)20-26-13-15-28(32)16-14-26)30(36)22-35(19-25(2)3)31(37)24-38-23-27-10-7-6-8-11-27/h6-16,18,25H,4-5,17,19-24H2,1-3H3. The van der Waals surface area contributed by atoms with Crippen LogP contribution in [0.15, 0.2) is 77.4 Å². The molecule has 0 aliphatic heterocycles. The molecule has 38 heavy (non-hydrogen) atoms. The number of carbonyl (C=O) groups excluding carboxylic acids is 2. The fraction of sp³-hybridized carbons (Fsp3) is 0.419. The van der Waals surface area contributed by atoms with Crippen molar-refractivity contribution >= 4 is 27.7 Å².